The lowest BCUT2D eigenvalue weighted by molar-refractivity contribution is -0.137. The number of alkyl halides is 3. The molecule has 0 atom stereocenters. The lowest BCUT2D eigenvalue weighted by Gasteiger charge is -2.19. The van der Waals surface area contributed by atoms with Crippen molar-refractivity contribution in [3.8, 4) is 11.1 Å². The Labute approximate surface area is 202 Å². The average molecular weight is 518 g/mol. The molecule has 1 fully saturated rings. The molecule has 2 aromatic carbocycles. The van der Waals surface area contributed by atoms with E-state index in [1.54, 1.807) is 6.07 Å². The highest BCUT2D eigenvalue weighted by molar-refractivity contribution is 7.92. The van der Waals surface area contributed by atoms with Crippen LogP contribution in [0, 0.1) is 5.82 Å². The minimum Gasteiger partial charge on any atom is -0.346 e. The van der Waals surface area contributed by atoms with E-state index in [1.165, 1.54) is 29.3 Å². The van der Waals surface area contributed by atoms with Crippen LogP contribution in [0.4, 0.5) is 29.1 Å². The van der Waals surface area contributed by atoms with Crippen molar-refractivity contribution in [1.82, 2.24) is 9.97 Å². The molecule has 7 nitrogen and oxygen atoms in total. The van der Waals surface area contributed by atoms with E-state index in [2.05, 4.69) is 14.7 Å². The molecule has 0 spiro atoms. The first-order valence-electron chi connectivity index (χ1n) is 10.8. The Hall–Kier alpha value is -3.93. The Morgan fingerprint density at radius 1 is 1.06 bits per heavy atom. The third-order valence-corrected chi connectivity index (χ3v) is 7.19. The summed E-state index contributed by atoms with van der Waals surface area (Å²) in [6.07, 6.45) is -1.17. The highest BCUT2D eigenvalue weighted by atomic mass is 32.2. The van der Waals surface area contributed by atoms with E-state index in [1.807, 2.05) is 0 Å². The largest absolute Gasteiger partial charge is 0.417 e. The van der Waals surface area contributed by atoms with Gasteiger partial charge < -0.3 is 4.98 Å². The van der Waals surface area contributed by atoms with Crippen LogP contribution in [0.15, 0.2) is 65.7 Å². The number of hydrogen-bond donors (Lipinski definition) is 2. The molecule has 5 rings (SSSR count). The first-order valence-corrected chi connectivity index (χ1v) is 12.3. The molecule has 36 heavy (non-hydrogen) atoms. The second-order valence-electron chi connectivity index (χ2n) is 8.33. The second kappa shape index (κ2) is 8.63. The van der Waals surface area contributed by atoms with Gasteiger partial charge in [0.1, 0.15) is 17.3 Å². The van der Waals surface area contributed by atoms with Crippen molar-refractivity contribution in [2.24, 2.45) is 0 Å². The maximum atomic E-state index is 14.2. The fourth-order valence-corrected chi connectivity index (χ4v) is 5.07. The molecule has 1 amide bonds. The summed E-state index contributed by atoms with van der Waals surface area (Å²) in [6, 6.07) is 10.1. The number of fused-ring (bicyclic) bond motifs is 1. The molecule has 2 heterocycles. The van der Waals surface area contributed by atoms with E-state index in [9.17, 15) is 30.8 Å². The van der Waals surface area contributed by atoms with Gasteiger partial charge in [0.15, 0.2) is 0 Å². The number of benzene rings is 2. The number of anilines is 2. The van der Waals surface area contributed by atoms with Crippen LogP contribution in [0.3, 0.4) is 0 Å². The van der Waals surface area contributed by atoms with Crippen LogP contribution in [-0.2, 0) is 21.0 Å². The minimum absolute atomic E-state index is 0.0584. The van der Waals surface area contributed by atoms with Gasteiger partial charge >= 0.3 is 6.18 Å². The molecular formula is C24H18F4N4O3S. The molecule has 2 N–H and O–H groups in total. The van der Waals surface area contributed by atoms with Gasteiger partial charge in [0, 0.05) is 23.3 Å². The van der Waals surface area contributed by atoms with Gasteiger partial charge in [0.2, 0.25) is 6.41 Å². The number of rotatable bonds is 7. The predicted octanol–water partition coefficient (Wildman–Crippen LogP) is 5.31. The summed E-state index contributed by atoms with van der Waals surface area (Å²) in [7, 11) is -4.34. The number of amides is 1. The molecule has 0 unspecified atom stereocenters. The third-order valence-electron chi connectivity index (χ3n) is 5.81. The van der Waals surface area contributed by atoms with E-state index in [4.69, 9.17) is 0 Å². The zero-order valence-electron chi connectivity index (χ0n) is 18.4. The molecule has 0 bridgehead atoms. The molecule has 0 saturated heterocycles. The van der Waals surface area contributed by atoms with Gasteiger partial charge in [0.25, 0.3) is 10.0 Å². The smallest absolute Gasteiger partial charge is 0.346 e. The van der Waals surface area contributed by atoms with E-state index in [0.717, 1.165) is 37.1 Å². The fraction of sp³-hybridized carbons (Fsp3) is 0.167. The molecular weight excluding hydrogens is 500 g/mol. The number of nitrogens with zero attached hydrogens (tertiary/aromatic N) is 2. The normalized spacial score (nSPS) is 14.1. The number of aromatic nitrogens is 2. The van der Waals surface area contributed by atoms with Gasteiger partial charge in [-0.05, 0) is 66.4 Å². The van der Waals surface area contributed by atoms with Crippen molar-refractivity contribution in [2.75, 3.05) is 9.62 Å². The van der Waals surface area contributed by atoms with E-state index in [0.29, 0.717) is 23.5 Å². The first-order chi connectivity index (χ1) is 17.1. The van der Waals surface area contributed by atoms with E-state index >= 15 is 0 Å². The second-order valence-corrected chi connectivity index (χ2v) is 10.0. The highest BCUT2D eigenvalue weighted by Gasteiger charge is 2.36. The van der Waals surface area contributed by atoms with Gasteiger partial charge in [-0.25, -0.2) is 17.8 Å². The van der Waals surface area contributed by atoms with E-state index < -0.39 is 32.5 Å². The van der Waals surface area contributed by atoms with Crippen molar-refractivity contribution < 1.29 is 30.8 Å². The summed E-state index contributed by atoms with van der Waals surface area (Å²) in [5, 5.41) is 0.402. The Morgan fingerprint density at radius 3 is 2.50 bits per heavy atom. The zero-order chi connectivity index (χ0) is 25.7. The van der Waals surface area contributed by atoms with Crippen molar-refractivity contribution in [3.05, 3.63) is 72.2 Å². The van der Waals surface area contributed by atoms with Crippen LogP contribution in [-0.4, -0.2) is 30.8 Å². The average Bonchev–Trinajstić information content (AvgIpc) is 3.54. The van der Waals surface area contributed by atoms with Crippen LogP contribution in [0.25, 0.3) is 22.2 Å². The lowest BCUT2D eigenvalue weighted by atomic mass is 9.97. The minimum atomic E-state index is -4.84. The molecule has 1 aliphatic rings. The van der Waals surface area contributed by atoms with Crippen molar-refractivity contribution in [2.45, 2.75) is 30.0 Å². The zero-order valence-corrected chi connectivity index (χ0v) is 19.2. The summed E-state index contributed by atoms with van der Waals surface area (Å²) in [5.74, 6) is -0.592. The van der Waals surface area contributed by atoms with Crippen LogP contribution < -0.4 is 9.62 Å². The van der Waals surface area contributed by atoms with Gasteiger partial charge in [-0.1, -0.05) is 12.1 Å². The first kappa shape index (κ1) is 23.8. The number of pyridine rings is 1. The van der Waals surface area contributed by atoms with Crippen LogP contribution in [0.1, 0.15) is 18.4 Å². The predicted molar refractivity (Wildman–Crippen MR) is 125 cm³/mol. The molecule has 4 aromatic rings. The standard InChI is InChI=1S/C24H18F4N4O3S/c25-14-2-1-3-17(10-14)36(34,35)31-15-4-7-18(21(11-15)24(26,27)28)20-12-22(32(13-33)16-5-6-16)30-23-19(20)8-9-29-23/h1-4,7-13,16,31H,5-6H2,(H,29,30). The van der Waals surface area contributed by atoms with Gasteiger partial charge in [-0.3, -0.25) is 14.4 Å². The summed E-state index contributed by atoms with van der Waals surface area (Å²) in [4.78, 5) is 19.9. The summed E-state index contributed by atoms with van der Waals surface area (Å²) >= 11 is 0. The van der Waals surface area contributed by atoms with Crippen LogP contribution in [0.2, 0.25) is 0 Å². The number of hydrogen-bond acceptors (Lipinski definition) is 4. The van der Waals surface area contributed by atoms with Crippen molar-refractivity contribution in [1.29, 1.82) is 0 Å². The summed E-state index contributed by atoms with van der Waals surface area (Å²) in [5.41, 5.74) is -1.17. The van der Waals surface area contributed by atoms with Crippen LogP contribution >= 0.6 is 0 Å². The molecule has 12 heteroatoms. The Morgan fingerprint density at radius 2 is 1.83 bits per heavy atom. The molecule has 0 aliphatic heterocycles. The quantitative estimate of drug-likeness (QED) is 0.256. The number of nitrogens with one attached hydrogen (secondary N) is 2. The Kier molecular flexibility index (Phi) is 5.70. The van der Waals surface area contributed by atoms with Gasteiger partial charge in [-0.15, -0.1) is 0 Å². The summed E-state index contributed by atoms with van der Waals surface area (Å²) in [6.45, 7) is 0. The maximum absolute atomic E-state index is 14.2. The lowest BCUT2D eigenvalue weighted by Crippen LogP contribution is -2.24. The Balaban J connectivity index is 1.62. The van der Waals surface area contributed by atoms with E-state index in [-0.39, 0.29) is 28.7 Å². The number of carbonyl (C=O) groups excluding carboxylic acids is 1. The molecule has 0 radical (unpaired) electrons. The monoisotopic (exact) mass is 518 g/mol. The number of halogens is 4. The molecule has 2 aromatic heterocycles. The van der Waals surface area contributed by atoms with Crippen LogP contribution in [0.5, 0.6) is 0 Å². The number of aromatic amines is 1. The number of sulfonamides is 1. The SMILES string of the molecule is O=CN(c1cc(-c2ccc(NS(=O)(=O)c3cccc(F)c3)cc2C(F)(F)F)c2cc[nH]c2n1)C1CC1. The summed E-state index contributed by atoms with van der Waals surface area (Å²) < 4.78 is 83.4. The molecule has 186 valence electrons. The number of carbonyl (C=O) groups is 1. The van der Waals surface area contributed by atoms with Crippen molar-refractivity contribution >= 4 is 39.0 Å². The fourth-order valence-electron chi connectivity index (χ4n) is 3.98. The van der Waals surface area contributed by atoms with Gasteiger partial charge in [-0.2, -0.15) is 13.2 Å². The van der Waals surface area contributed by atoms with Crippen molar-refractivity contribution in [3.63, 3.8) is 0 Å². The molecule has 1 saturated carbocycles. The topological polar surface area (TPSA) is 95.2 Å². The third kappa shape index (κ3) is 4.51. The molecule has 1 aliphatic carbocycles. The highest BCUT2D eigenvalue weighted by Crippen LogP contribution is 2.42. The number of H-pyrrole nitrogens is 1. The Bertz CT molecular complexity index is 1580. The van der Waals surface area contributed by atoms with Gasteiger partial charge in [0.05, 0.1) is 10.5 Å². The maximum Gasteiger partial charge on any atom is 0.417 e.